The quantitative estimate of drug-likeness (QED) is 0.774. The lowest BCUT2D eigenvalue weighted by atomic mass is 10.0. The summed E-state index contributed by atoms with van der Waals surface area (Å²) in [5.41, 5.74) is 12.7. The normalized spacial score (nSPS) is 11.8. The molecule has 1 atom stereocenters. The third-order valence-corrected chi connectivity index (χ3v) is 3.16. The lowest BCUT2D eigenvalue weighted by Gasteiger charge is -2.14. The van der Waals surface area contributed by atoms with Gasteiger partial charge in [0.2, 0.25) is 0 Å². The molecule has 104 valence electrons. The summed E-state index contributed by atoms with van der Waals surface area (Å²) in [5.74, 6) is 0.368. The molecule has 1 aromatic carbocycles. The number of benzene rings is 1. The molecule has 5 nitrogen and oxygen atoms in total. The largest absolute Gasteiger partial charge is 0.397 e. The van der Waals surface area contributed by atoms with Crippen LogP contribution in [0.4, 0.5) is 11.5 Å². The van der Waals surface area contributed by atoms with Crippen LogP contribution in [0.3, 0.4) is 0 Å². The number of hydrogen-bond donors (Lipinski definition) is 3. The highest BCUT2D eigenvalue weighted by molar-refractivity contribution is 5.98. The summed E-state index contributed by atoms with van der Waals surface area (Å²) in [4.78, 5) is 15.4. The van der Waals surface area contributed by atoms with Crippen molar-refractivity contribution in [2.45, 2.75) is 12.8 Å². The first-order valence-corrected chi connectivity index (χ1v) is 6.42. The Hall–Kier alpha value is -2.56. The number of primary amides is 1. The van der Waals surface area contributed by atoms with Crippen LogP contribution in [0.2, 0.25) is 0 Å². The number of hydrogen-bond acceptors (Lipinski definition) is 4. The Kier molecular flexibility index (Phi) is 4.20. The minimum Gasteiger partial charge on any atom is -0.397 e. The van der Waals surface area contributed by atoms with Crippen molar-refractivity contribution in [1.82, 2.24) is 4.98 Å². The fourth-order valence-electron chi connectivity index (χ4n) is 1.93. The third kappa shape index (κ3) is 3.26. The van der Waals surface area contributed by atoms with Gasteiger partial charge in [0, 0.05) is 6.54 Å². The van der Waals surface area contributed by atoms with Gasteiger partial charge < -0.3 is 16.8 Å². The number of amides is 1. The SMILES string of the molecule is CC(CNc1cc(C(N)=O)c(N)cn1)c1ccccc1. The van der Waals surface area contributed by atoms with Gasteiger partial charge in [-0.3, -0.25) is 4.79 Å². The minimum atomic E-state index is -0.552. The fourth-order valence-corrected chi connectivity index (χ4v) is 1.93. The Morgan fingerprint density at radius 1 is 1.35 bits per heavy atom. The van der Waals surface area contributed by atoms with Crippen molar-refractivity contribution in [2.75, 3.05) is 17.6 Å². The van der Waals surface area contributed by atoms with Gasteiger partial charge in [0.05, 0.1) is 17.4 Å². The molecule has 0 bridgehead atoms. The number of nitrogen functional groups attached to an aromatic ring is 1. The third-order valence-electron chi connectivity index (χ3n) is 3.16. The number of carbonyl (C=O) groups is 1. The van der Waals surface area contributed by atoms with Crippen LogP contribution in [-0.2, 0) is 0 Å². The zero-order chi connectivity index (χ0) is 14.5. The first kappa shape index (κ1) is 13.9. The maximum atomic E-state index is 11.2. The van der Waals surface area contributed by atoms with E-state index >= 15 is 0 Å². The van der Waals surface area contributed by atoms with E-state index in [1.165, 1.54) is 11.8 Å². The van der Waals surface area contributed by atoms with Gasteiger partial charge >= 0.3 is 0 Å². The molecule has 1 heterocycles. The minimum absolute atomic E-state index is 0.287. The molecule has 1 amide bonds. The molecular weight excluding hydrogens is 252 g/mol. The van der Waals surface area contributed by atoms with Gasteiger partial charge in [-0.15, -0.1) is 0 Å². The first-order valence-electron chi connectivity index (χ1n) is 6.42. The van der Waals surface area contributed by atoms with Crippen LogP contribution in [0.25, 0.3) is 0 Å². The zero-order valence-corrected chi connectivity index (χ0v) is 11.3. The highest BCUT2D eigenvalue weighted by Gasteiger charge is 2.09. The average molecular weight is 270 g/mol. The molecule has 0 aliphatic heterocycles. The summed E-state index contributed by atoms with van der Waals surface area (Å²) in [7, 11) is 0. The summed E-state index contributed by atoms with van der Waals surface area (Å²) in [6.45, 7) is 2.83. The highest BCUT2D eigenvalue weighted by Crippen LogP contribution is 2.17. The smallest absolute Gasteiger partial charge is 0.250 e. The monoisotopic (exact) mass is 270 g/mol. The molecular formula is C15H18N4O. The highest BCUT2D eigenvalue weighted by atomic mass is 16.1. The van der Waals surface area contributed by atoms with Crippen molar-refractivity contribution in [3.05, 3.63) is 53.7 Å². The van der Waals surface area contributed by atoms with Crippen LogP contribution in [0.5, 0.6) is 0 Å². The maximum absolute atomic E-state index is 11.2. The summed E-state index contributed by atoms with van der Waals surface area (Å²) in [6.07, 6.45) is 1.44. The van der Waals surface area contributed by atoms with E-state index in [-0.39, 0.29) is 5.56 Å². The Morgan fingerprint density at radius 3 is 2.70 bits per heavy atom. The van der Waals surface area contributed by atoms with Gasteiger partial charge in [-0.2, -0.15) is 0 Å². The molecule has 0 radical (unpaired) electrons. The van der Waals surface area contributed by atoms with Gasteiger partial charge in [-0.25, -0.2) is 4.98 Å². The van der Waals surface area contributed by atoms with Crippen molar-refractivity contribution < 1.29 is 4.79 Å². The number of rotatable bonds is 5. The van der Waals surface area contributed by atoms with Gasteiger partial charge in [-0.05, 0) is 17.5 Å². The van der Waals surface area contributed by atoms with E-state index in [0.29, 0.717) is 24.0 Å². The second-order valence-corrected chi connectivity index (χ2v) is 4.71. The second-order valence-electron chi connectivity index (χ2n) is 4.71. The first-order chi connectivity index (χ1) is 9.58. The van der Waals surface area contributed by atoms with Crippen molar-refractivity contribution in [2.24, 2.45) is 5.73 Å². The number of nitrogens with zero attached hydrogens (tertiary/aromatic N) is 1. The van der Waals surface area contributed by atoms with Crippen LogP contribution < -0.4 is 16.8 Å². The number of pyridine rings is 1. The van der Waals surface area contributed by atoms with E-state index in [0.717, 1.165) is 0 Å². The Balaban J connectivity index is 2.04. The molecule has 0 saturated heterocycles. The van der Waals surface area contributed by atoms with Crippen LogP contribution in [0.15, 0.2) is 42.6 Å². The number of aromatic nitrogens is 1. The number of nitrogens with one attached hydrogen (secondary N) is 1. The lowest BCUT2D eigenvalue weighted by Crippen LogP contribution is -2.16. The van der Waals surface area contributed by atoms with Crippen LogP contribution in [0.1, 0.15) is 28.8 Å². The number of nitrogens with two attached hydrogens (primary N) is 2. The van der Waals surface area contributed by atoms with E-state index in [9.17, 15) is 4.79 Å². The number of carbonyl (C=O) groups excluding carboxylic acids is 1. The van der Waals surface area contributed by atoms with Gasteiger partial charge in [-0.1, -0.05) is 37.3 Å². The van der Waals surface area contributed by atoms with E-state index in [2.05, 4.69) is 29.4 Å². The van der Waals surface area contributed by atoms with Crippen molar-refractivity contribution >= 4 is 17.4 Å². The molecule has 0 aliphatic carbocycles. The summed E-state index contributed by atoms with van der Waals surface area (Å²) in [5, 5.41) is 3.19. The van der Waals surface area contributed by atoms with Crippen LogP contribution in [0, 0.1) is 0 Å². The number of anilines is 2. The van der Waals surface area contributed by atoms with E-state index in [1.54, 1.807) is 6.07 Å². The standard InChI is InChI=1S/C15H18N4O/c1-10(11-5-3-2-4-6-11)8-18-14-7-12(15(17)20)13(16)9-19-14/h2-7,9-10H,8,16H2,1H3,(H2,17,20)(H,18,19). The molecule has 1 unspecified atom stereocenters. The molecule has 0 aliphatic rings. The Morgan fingerprint density at radius 2 is 2.05 bits per heavy atom. The zero-order valence-electron chi connectivity index (χ0n) is 11.3. The van der Waals surface area contributed by atoms with Crippen molar-refractivity contribution in [1.29, 1.82) is 0 Å². The molecule has 2 rings (SSSR count). The molecule has 0 saturated carbocycles. The lowest BCUT2D eigenvalue weighted by molar-refractivity contribution is 0.100. The van der Waals surface area contributed by atoms with Gasteiger partial charge in [0.15, 0.2) is 0 Å². The summed E-state index contributed by atoms with van der Waals surface area (Å²) < 4.78 is 0. The van der Waals surface area contributed by atoms with E-state index in [1.807, 2.05) is 18.2 Å². The average Bonchev–Trinajstić information content (AvgIpc) is 2.46. The van der Waals surface area contributed by atoms with E-state index < -0.39 is 5.91 Å². The maximum Gasteiger partial charge on any atom is 0.250 e. The molecule has 20 heavy (non-hydrogen) atoms. The molecule has 0 fully saturated rings. The predicted molar refractivity (Wildman–Crippen MR) is 80.5 cm³/mol. The molecule has 0 spiro atoms. The van der Waals surface area contributed by atoms with Crippen LogP contribution >= 0.6 is 0 Å². The predicted octanol–water partition coefficient (Wildman–Crippen LogP) is 1.98. The molecule has 5 N–H and O–H groups in total. The van der Waals surface area contributed by atoms with Gasteiger partial charge in [0.25, 0.3) is 5.91 Å². The second kappa shape index (κ2) is 6.06. The Bertz CT molecular complexity index is 598. The molecule has 5 heteroatoms. The van der Waals surface area contributed by atoms with E-state index in [4.69, 9.17) is 11.5 Å². The summed E-state index contributed by atoms with van der Waals surface area (Å²) in [6, 6.07) is 11.8. The molecule has 2 aromatic rings. The van der Waals surface area contributed by atoms with Crippen molar-refractivity contribution in [3.63, 3.8) is 0 Å². The topological polar surface area (TPSA) is 94.0 Å². The summed E-state index contributed by atoms with van der Waals surface area (Å²) >= 11 is 0. The van der Waals surface area contributed by atoms with Gasteiger partial charge in [0.1, 0.15) is 5.82 Å². The van der Waals surface area contributed by atoms with Crippen LogP contribution in [-0.4, -0.2) is 17.4 Å². The van der Waals surface area contributed by atoms with Crippen molar-refractivity contribution in [3.8, 4) is 0 Å². The molecule has 1 aromatic heterocycles. The fraction of sp³-hybridized carbons (Fsp3) is 0.200. The Labute approximate surface area is 118 Å².